The van der Waals surface area contributed by atoms with Crippen LogP contribution in [0.4, 0.5) is 5.69 Å². The van der Waals surface area contributed by atoms with Gasteiger partial charge in [-0.25, -0.2) is 0 Å². The minimum absolute atomic E-state index is 0.0449. The number of hydrogen-bond donors (Lipinski definition) is 1. The molecule has 2 rings (SSSR count). The van der Waals surface area contributed by atoms with Crippen LogP contribution in [0.1, 0.15) is 38.3 Å². The number of benzene rings is 1. The maximum absolute atomic E-state index is 6.35. The first-order valence-electron chi connectivity index (χ1n) is 6.41. The molecule has 0 amide bonds. The molecule has 0 spiro atoms. The highest BCUT2D eigenvalue weighted by atomic mass is 35.5. The monoisotopic (exact) mass is 252 g/mol. The Balaban J connectivity index is 2.17. The second-order valence-corrected chi connectivity index (χ2v) is 5.42. The third kappa shape index (κ3) is 2.75. The molecule has 1 fully saturated rings. The number of nitrogens with zero attached hydrogens (tertiary/aromatic N) is 1. The molecule has 0 radical (unpaired) electrons. The molecule has 1 aliphatic rings. The molecule has 0 bridgehead atoms. The Morgan fingerprint density at radius 1 is 1.53 bits per heavy atom. The fourth-order valence-electron chi connectivity index (χ4n) is 2.45. The van der Waals surface area contributed by atoms with Crippen LogP contribution in [-0.2, 0) is 0 Å². The van der Waals surface area contributed by atoms with Crippen molar-refractivity contribution in [2.45, 2.75) is 32.7 Å². The molecule has 1 aromatic carbocycles. The zero-order valence-electron chi connectivity index (χ0n) is 10.6. The molecule has 2 atom stereocenters. The van der Waals surface area contributed by atoms with Crippen LogP contribution in [0.5, 0.6) is 0 Å². The van der Waals surface area contributed by atoms with Gasteiger partial charge in [0, 0.05) is 19.1 Å². The highest BCUT2D eigenvalue weighted by Crippen LogP contribution is 2.32. The van der Waals surface area contributed by atoms with Crippen molar-refractivity contribution >= 4 is 17.3 Å². The average molecular weight is 253 g/mol. The lowest BCUT2D eigenvalue weighted by Crippen LogP contribution is -2.20. The summed E-state index contributed by atoms with van der Waals surface area (Å²) in [7, 11) is 0. The summed E-state index contributed by atoms with van der Waals surface area (Å²) in [6.07, 6.45) is 2.54. The first-order valence-corrected chi connectivity index (χ1v) is 6.79. The average Bonchev–Trinajstić information content (AvgIpc) is 2.77. The first kappa shape index (κ1) is 12.7. The third-order valence-corrected chi connectivity index (χ3v) is 4.00. The molecule has 1 unspecified atom stereocenters. The zero-order chi connectivity index (χ0) is 12.4. The maximum Gasteiger partial charge on any atom is 0.0642 e. The Hall–Kier alpha value is -0.730. The highest BCUT2D eigenvalue weighted by Gasteiger charge is 2.22. The normalized spacial score (nSPS) is 21.9. The second kappa shape index (κ2) is 5.28. The van der Waals surface area contributed by atoms with Crippen molar-refractivity contribution in [3.8, 4) is 0 Å². The number of anilines is 1. The van der Waals surface area contributed by atoms with E-state index >= 15 is 0 Å². The van der Waals surface area contributed by atoms with Gasteiger partial charge < -0.3 is 10.6 Å². The molecular weight excluding hydrogens is 232 g/mol. The van der Waals surface area contributed by atoms with Gasteiger partial charge in [0.05, 0.1) is 10.7 Å². The molecule has 2 nitrogen and oxygen atoms in total. The summed E-state index contributed by atoms with van der Waals surface area (Å²) in [5.41, 5.74) is 8.12. The minimum atomic E-state index is 0.0449. The lowest BCUT2D eigenvalue weighted by molar-refractivity contribution is 0.569. The van der Waals surface area contributed by atoms with E-state index in [2.05, 4.69) is 24.0 Å². The zero-order valence-corrected chi connectivity index (χ0v) is 11.4. The number of rotatable bonds is 3. The number of hydrogen-bond acceptors (Lipinski definition) is 2. The number of halogens is 1. The minimum Gasteiger partial charge on any atom is -0.370 e. The Morgan fingerprint density at radius 2 is 2.29 bits per heavy atom. The van der Waals surface area contributed by atoms with Crippen LogP contribution >= 0.6 is 11.6 Å². The van der Waals surface area contributed by atoms with Gasteiger partial charge in [-0.1, -0.05) is 31.0 Å². The summed E-state index contributed by atoms with van der Waals surface area (Å²) in [6, 6.07) is 6.24. The van der Waals surface area contributed by atoms with E-state index in [1.54, 1.807) is 0 Å². The van der Waals surface area contributed by atoms with Crippen LogP contribution in [0.25, 0.3) is 0 Å². The van der Waals surface area contributed by atoms with E-state index in [0.717, 1.165) is 35.3 Å². The lowest BCUT2D eigenvalue weighted by atomic mass is 10.1. The van der Waals surface area contributed by atoms with Gasteiger partial charge in [0.25, 0.3) is 0 Å². The van der Waals surface area contributed by atoms with E-state index in [9.17, 15) is 0 Å². The molecule has 17 heavy (non-hydrogen) atoms. The molecule has 0 saturated carbocycles. The highest BCUT2D eigenvalue weighted by molar-refractivity contribution is 6.33. The summed E-state index contributed by atoms with van der Waals surface area (Å²) in [6.45, 7) is 6.49. The Bertz CT molecular complexity index is 390. The van der Waals surface area contributed by atoms with Gasteiger partial charge in [-0.2, -0.15) is 0 Å². The SMILES string of the molecule is CCC1CCN(c2ccc([C@H](C)N)cc2Cl)C1. The molecule has 3 heteroatoms. The molecule has 1 heterocycles. The Labute approximate surface area is 109 Å². The van der Waals surface area contributed by atoms with Gasteiger partial charge in [-0.3, -0.25) is 0 Å². The molecule has 2 N–H and O–H groups in total. The van der Waals surface area contributed by atoms with Gasteiger partial charge in [0.2, 0.25) is 0 Å². The van der Waals surface area contributed by atoms with E-state index in [4.69, 9.17) is 17.3 Å². The van der Waals surface area contributed by atoms with Crippen LogP contribution in [0.2, 0.25) is 5.02 Å². The van der Waals surface area contributed by atoms with E-state index in [1.165, 1.54) is 12.8 Å². The van der Waals surface area contributed by atoms with Crippen molar-refractivity contribution in [2.24, 2.45) is 11.7 Å². The van der Waals surface area contributed by atoms with Crippen molar-refractivity contribution in [2.75, 3.05) is 18.0 Å². The van der Waals surface area contributed by atoms with E-state index in [-0.39, 0.29) is 6.04 Å². The predicted octanol–water partition coefficient (Wildman–Crippen LogP) is 3.60. The molecule has 1 aliphatic heterocycles. The van der Waals surface area contributed by atoms with Crippen molar-refractivity contribution < 1.29 is 0 Å². The fraction of sp³-hybridized carbons (Fsp3) is 0.571. The smallest absolute Gasteiger partial charge is 0.0642 e. The number of nitrogens with two attached hydrogens (primary N) is 1. The topological polar surface area (TPSA) is 29.3 Å². The van der Waals surface area contributed by atoms with Crippen LogP contribution in [0, 0.1) is 5.92 Å². The van der Waals surface area contributed by atoms with Gasteiger partial charge in [0.1, 0.15) is 0 Å². The third-order valence-electron chi connectivity index (χ3n) is 3.70. The summed E-state index contributed by atoms with van der Waals surface area (Å²) >= 11 is 6.35. The Morgan fingerprint density at radius 3 is 2.82 bits per heavy atom. The van der Waals surface area contributed by atoms with Gasteiger partial charge in [0.15, 0.2) is 0 Å². The summed E-state index contributed by atoms with van der Waals surface area (Å²) < 4.78 is 0. The van der Waals surface area contributed by atoms with Crippen molar-refractivity contribution in [1.29, 1.82) is 0 Å². The standard InChI is InChI=1S/C14H21ClN2/c1-3-11-6-7-17(9-11)14-5-4-12(10(2)16)8-13(14)15/h4-5,8,10-11H,3,6-7,9,16H2,1-2H3/t10-,11?/m0/s1. The van der Waals surface area contributed by atoms with Crippen LogP contribution in [-0.4, -0.2) is 13.1 Å². The molecule has 1 saturated heterocycles. The largest absolute Gasteiger partial charge is 0.370 e. The van der Waals surface area contributed by atoms with E-state index < -0.39 is 0 Å². The maximum atomic E-state index is 6.35. The predicted molar refractivity (Wildman–Crippen MR) is 74.7 cm³/mol. The van der Waals surface area contributed by atoms with Crippen LogP contribution in [0.15, 0.2) is 18.2 Å². The quantitative estimate of drug-likeness (QED) is 0.891. The first-order chi connectivity index (χ1) is 8.11. The second-order valence-electron chi connectivity index (χ2n) is 5.01. The van der Waals surface area contributed by atoms with E-state index in [0.29, 0.717) is 0 Å². The lowest BCUT2D eigenvalue weighted by Gasteiger charge is -2.21. The van der Waals surface area contributed by atoms with E-state index in [1.807, 2.05) is 13.0 Å². The van der Waals surface area contributed by atoms with Crippen LogP contribution < -0.4 is 10.6 Å². The Kier molecular flexibility index (Phi) is 3.95. The summed E-state index contributed by atoms with van der Waals surface area (Å²) in [5, 5.41) is 0.830. The molecule has 0 aliphatic carbocycles. The molecule has 94 valence electrons. The van der Waals surface area contributed by atoms with Gasteiger partial charge in [-0.05, 0) is 37.0 Å². The fourth-order valence-corrected chi connectivity index (χ4v) is 2.76. The summed E-state index contributed by atoms with van der Waals surface area (Å²) in [5.74, 6) is 0.819. The molecular formula is C14H21ClN2. The van der Waals surface area contributed by atoms with Crippen molar-refractivity contribution in [1.82, 2.24) is 0 Å². The summed E-state index contributed by atoms with van der Waals surface area (Å²) in [4.78, 5) is 2.39. The molecule has 0 aromatic heterocycles. The van der Waals surface area contributed by atoms with Gasteiger partial charge in [-0.15, -0.1) is 0 Å². The van der Waals surface area contributed by atoms with Crippen molar-refractivity contribution in [3.05, 3.63) is 28.8 Å². The van der Waals surface area contributed by atoms with Crippen molar-refractivity contribution in [3.63, 3.8) is 0 Å². The molecule has 1 aromatic rings. The van der Waals surface area contributed by atoms with Crippen LogP contribution in [0.3, 0.4) is 0 Å². The van der Waals surface area contributed by atoms with Gasteiger partial charge >= 0.3 is 0 Å².